The molecule has 3 nitrogen and oxygen atoms in total. The van der Waals surface area contributed by atoms with E-state index in [4.69, 9.17) is 0 Å². The van der Waals surface area contributed by atoms with Crippen LogP contribution < -0.4 is 0 Å². The SMILES string of the molecule is Br.CCSc1nc2ccccc2[nH]1.O. The maximum Gasteiger partial charge on any atom is 0.166 e. The van der Waals surface area contributed by atoms with E-state index >= 15 is 0 Å². The van der Waals surface area contributed by atoms with Gasteiger partial charge < -0.3 is 10.5 Å². The van der Waals surface area contributed by atoms with Crippen molar-refractivity contribution in [1.29, 1.82) is 0 Å². The van der Waals surface area contributed by atoms with E-state index in [1.165, 1.54) is 0 Å². The van der Waals surface area contributed by atoms with Crippen LogP contribution in [-0.2, 0) is 0 Å². The standard InChI is InChI=1S/C9H10N2S.BrH.H2O/c1-2-12-9-10-7-5-3-4-6-8(7)11-9;;/h3-6H,2H2,1H3,(H,10,11);1H;1H2. The normalized spacial score (nSPS) is 9.21. The number of hydrogen-bond acceptors (Lipinski definition) is 2. The van der Waals surface area contributed by atoms with Gasteiger partial charge in [0.2, 0.25) is 0 Å². The minimum absolute atomic E-state index is 0. The van der Waals surface area contributed by atoms with Crippen molar-refractivity contribution < 1.29 is 5.48 Å². The van der Waals surface area contributed by atoms with Gasteiger partial charge >= 0.3 is 0 Å². The average molecular weight is 277 g/mol. The van der Waals surface area contributed by atoms with Crippen LogP contribution in [0.1, 0.15) is 6.92 Å². The highest BCUT2D eigenvalue weighted by atomic mass is 79.9. The highest BCUT2D eigenvalue weighted by molar-refractivity contribution is 8.93. The molecule has 0 fully saturated rings. The lowest BCUT2D eigenvalue weighted by Crippen LogP contribution is -1.73. The lowest BCUT2D eigenvalue weighted by atomic mass is 10.3. The summed E-state index contributed by atoms with van der Waals surface area (Å²) in [5.74, 6) is 1.06. The van der Waals surface area contributed by atoms with Gasteiger partial charge in [0.25, 0.3) is 0 Å². The molecule has 2 aromatic rings. The molecule has 0 aliphatic rings. The molecule has 0 spiro atoms. The Labute approximate surface area is 97.4 Å². The second-order valence-electron chi connectivity index (χ2n) is 2.49. The summed E-state index contributed by atoms with van der Waals surface area (Å²) in [4.78, 5) is 7.66. The topological polar surface area (TPSA) is 60.2 Å². The average Bonchev–Trinajstić information content (AvgIpc) is 2.47. The molecule has 5 heteroatoms. The van der Waals surface area contributed by atoms with Crippen LogP contribution in [0.2, 0.25) is 0 Å². The Kier molecular flexibility index (Phi) is 5.83. The summed E-state index contributed by atoms with van der Waals surface area (Å²) >= 11 is 1.73. The molecule has 2 rings (SSSR count). The molecule has 0 bridgehead atoms. The number of para-hydroxylation sites is 2. The minimum atomic E-state index is 0. The fourth-order valence-corrected chi connectivity index (χ4v) is 1.75. The van der Waals surface area contributed by atoms with Crippen LogP contribution in [0.4, 0.5) is 0 Å². The van der Waals surface area contributed by atoms with Gasteiger partial charge in [0.05, 0.1) is 11.0 Å². The van der Waals surface area contributed by atoms with E-state index in [1.807, 2.05) is 24.3 Å². The van der Waals surface area contributed by atoms with Gasteiger partial charge in [-0.2, -0.15) is 0 Å². The molecule has 0 radical (unpaired) electrons. The Bertz CT molecular complexity index is 358. The molecule has 1 aromatic heterocycles. The van der Waals surface area contributed by atoms with E-state index in [2.05, 4.69) is 16.9 Å². The van der Waals surface area contributed by atoms with E-state index in [0.29, 0.717) is 0 Å². The molecule has 0 saturated heterocycles. The molecule has 0 atom stereocenters. The number of rotatable bonds is 2. The zero-order valence-corrected chi connectivity index (χ0v) is 10.3. The first kappa shape index (κ1) is 13.5. The van der Waals surface area contributed by atoms with Gasteiger partial charge in [-0.3, -0.25) is 0 Å². The zero-order chi connectivity index (χ0) is 8.39. The van der Waals surface area contributed by atoms with Crippen LogP contribution >= 0.6 is 28.7 Å². The van der Waals surface area contributed by atoms with Crippen LogP contribution in [0.5, 0.6) is 0 Å². The van der Waals surface area contributed by atoms with Crippen LogP contribution in [0.25, 0.3) is 11.0 Å². The Hall–Kier alpha value is -0.520. The molecule has 0 unspecified atom stereocenters. The first-order valence-corrected chi connectivity index (χ1v) is 4.96. The first-order chi connectivity index (χ1) is 5.90. The van der Waals surface area contributed by atoms with E-state index in [0.717, 1.165) is 21.9 Å². The number of benzene rings is 1. The molecule has 0 saturated carbocycles. The lowest BCUT2D eigenvalue weighted by molar-refractivity contribution is 0.824. The maximum absolute atomic E-state index is 4.41. The summed E-state index contributed by atoms with van der Waals surface area (Å²) in [6.07, 6.45) is 0. The van der Waals surface area contributed by atoms with Crippen LogP contribution in [0.3, 0.4) is 0 Å². The minimum Gasteiger partial charge on any atom is -0.412 e. The van der Waals surface area contributed by atoms with Crippen molar-refractivity contribution in [3.8, 4) is 0 Å². The van der Waals surface area contributed by atoms with Crippen molar-refractivity contribution in [2.24, 2.45) is 0 Å². The molecular formula is C9H13BrN2OS. The van der Waals surface area contributed by atoms with Crippen LogP contribution in [0, 0.1) is 0 Å². The van der Waals surface area contributed by atoms with Gasteiger partial charge in [0, 0.05) is 0 Å². The fraction of sp³-hybridized carbons (Fsp3) is 0.222. The summed E-state index contributed by atoms with van der Waals surface area (Å²) in [5, 5.41) is 1.01. The zero-order valence-electron chi connectivity index (χ0n) is 7.78. The molecule has 0 amide bonds. The summed E-state index contributed by atoms with van der Waals surface area (Å²) in [7, 11) is 0. The smallest absolute Gasteiger partial charge is 0.166 e. The second-order valence-corrected chi connectivity index (χ2v) is 3.74. The highest BCUT2D eigenvalue weighted by Crippen LogP contribution is 2.18. The summed E-state index contributed by atoms with van der Waals surface area (Å²) in [5.41, 5.74) is 2.17. The van der Waals surface area contributed by atoms with Gasteiger partial charge in [-0.05, 0) is 17.9 Å². The predicted octanol–water partition coefficient (Wildman–Crippen LogP) is 2.43. The molecule has 14 heavy (non-hydrogen) atoms. The maximum atomic E-state index is 4.41. The molecule has 78 valence electrons. The van der Waals surface area contributed by atoms with Crippen LogP contribution in [0.15, 0.2) is 29.4 Å². The van der Waals surface area contributed by atoms with Gasteiger partial charge in [-0.25, -0.2) is 4.98 Å². The van der Waals surface area contributed by atoms with E-state index in [9.17, 15) is 0 Å². The number of thioether (sulfide) groups is 1. The van der Waals surface area contributed by atoms with E-state index in [1.54, 1.807) is 11.8 Å². The number of aromatic nitrogens is 2. The number of hydrogen-bond donors (Lipinski definition) is 1. The highest BCUT2D eigenvalue weighted by Gasteiger charge is 1.99. The van der Waals surface area contributed by atoms with E-state index in [-0.39, 0.29) is 22.5 Å². The number of H-pyrrole nitrogens is 1. The number of fused-ring (bicyclic) bond motifs is 1. The molecule has 0 aliphatic heterocycles. The summed E-state index contributed by atoms with van der Waals surface area (Å²) in [6.45, 7) is 2.12. The summed E-state index contributed by atoms with van der Waals surface area (Å²) < 4.78 is 0. The molecule has 1 heterocycles. The van der Waals surface area contributed by atoms with Crippen molar-refractivity contribution in [2.45, 2.75) is 12.1 Å². The van der Waals surface area contributed by atoms with E-state index < -0.39 is 0 Å². The first-order valence-electron chi connectivity index (χ1n) is 3.97. The number of halogens is 1. The van der Waals surface area contributed by atoms with Gasteiger partial charge in [-0.1, -0.05) is 30.8 Å². The number of aromatic amines is 1. The monoisotopic (exact) mass is 276 g/mol. The van der Waals surface area contributed by atoms with Gasteiger partial charge in [0.1, 0.15) is 0 Å². The molecule has 1 aromatic carbocycles. The van der Waals surface area contributed by atoms with Crippen LogP contribution in [-0.4, -0.2) is 21.2 Å². The van der Waals surface area contributed by atoms with Crippen molar-refractivity contribution in [1.82, 2.24) is 9.97 Å². The Morgan fingerprint density at radius 3 is 2.71 bits per heavy atom. The third-order valence-electron chi connectivity index (χ3n) is 1.65. The van der Waals surface area contributed by atoms with Crippen molar-refractivity contribution in [3.63, 3.8) is 0 Å². The third-order valence-corrected chi connectivity index (χ3v) is 2.40. The number of nitrogens with zero attached hydrogens (tertiary/aromatic N) is 1. The Morgan fingerprint density at radius 2 is 2.07 bits per heavy atom. The van der Waals surface area contributed by atoms with Crippen molar-refractivity contribution in [2.75, 3.05) is 5.75 Å². The summed E-state index contributed by atoms with van der Waals surface area (Å²) in [6, 6.07) is 8.08. The largest absolute Gasteiger partial charge is 0.412 e. The van der Waals surface area contributed by atoms with Gasteiger partial charge in [-0.15, -0.1) is 17.0 Å². The second kappa shape index (κ2) is 6.06. The van der Waals surface area contributed by atoms with Crippen molar-refractivity contribution >= 4 is 39.8 Å². The van der Waals surface area contributed by atoms with Gasteiger partial charge in [0.15, 0.2) is 5.16 Å². The van der Waals surface area contributed by atoms with Crippen molar-refractivity contribution in [3.05, 3.63) is 24.3 Å². The Morgan fingerprint density at radius 1 is 1.36 bits per heavy atom. The molecule has 0 aliphatic carbocycles. The number of nitrogens with one attached hydrogen (secondary N) is 1. The fourth-order valence-electron chi connectivity index (χ4n) is 1.13. The number of imidazole rings is 1. The predicted molar refractivity (Wildman–Crippen MR) is 66.4 cm³/mol. The quantitative estimate of drug-likeness (QED) is 0.857. The molecular weight excluding hydrogens is 264 g/mol. The lowest BCUT2D eigenvalue weighted by Gasteiger charge is -1.86. The molecule has 3 N–H and O–H groups in total. The third kappa shape index (κ3) is 2.73. The Balaban J connectivity index is 0.000000845.